The van der Waals surface area contributed by atoms with Crippen LogP contribution >= 0.6 is 11.3 Å². The summed E-state index contributed by atoms with van der Waals surface area (Å²) in [7, 11) is 0. The molecule has 0 unspecified atom stereocenters. The van der Waals surface area contributed by atoms with E-state index >= 15 is 0 Å². The first kappa shape index (κ1) is 29.7. The molecule has 7 aromatic carbocycles. The van der Waals surface area contributed by atoms with Gasteiger partial charge in [0.25, 0.3) is 0 Å². The fourth-order valence-corrected chi connectivity index (χ4v) is 7.65. The fraction of sp³-hybridized carbons (Fsp3) is 0. The average Bonchev–Trinajstić information content (AvgIpc) is 3.57. The highest BCUT2D eigenvalue weighted by Gasteiger charge is 2.21. The fourth-order valence-electron chi connectivity index (χ4n) is 6.50. The van der Waals surface area contributed by atoms with E-state index in [-0.39, 0.29) is 0 Å². The molecule has 2 heterocycles. The zero-order valence-electron chi connectivity index (χ0n) is 27.0. The predicted molar refractivity (Wildman–Crippen MR) is 209 cm³/mol. The topological polar surface area (TPSA) is 41.9 Å². The summed E-state index contributed by atoms with van der Waals surface area (Å²) < 4.78 is 2.48. The van der Waals surface area contributed by atoms with Crippen molar-refractivity contribution >= 4 is 48.6 Å². The van der Waals surface area contributed by atoms with Crippen molar-refractivity contribution in [2.75, 3.05) is 4.90 Å². The smallest absolute Gasteiger partial charge is 0.166 e. The second-order valence-electron chi connectivity index (χ2n) is 12.1. The van der Waals surface area contributed by atoms with Crippen molar-refractivity contribution < 1.29 is 0 Å². The molecule has 0 N–H and O–H groups in total. The second-order valence-corrected chi connectivity index (χ2v) is 13.2. The Hall–Kier alpha value is -6.43. The number of hydrogen-bond donors (Lipinski definition) is 0. The molecule has 9 rings (SSSR count). The standard InChI is InChI=1S/C45H30N4S/c1-4-14-31(15-5-1)32-24-27-36(28-25-32)49(35-18-8-3-9-19-35)40-22-12-10-21-39(40)45-47-43(33-16-6-2-7-17-33)46-44(48-45)34-26-29-38-37-20-11-13-23-41(37)50-42(38)30-34/h1-30H. The molecule has 0 atom stereocenters. The third-order valence-electron chi connectivity index (χ3n) is 8.94. The SMILES string of the molecule is c1ccc(-c2ccc(N(c3ccccc3)c3ccccc3-c3nc(-c4ccccc4)nc(-c4ccc5c(c4)sc4ccccc45)n3)cc2)cc1. The summed E-state index contributed by atoms with van der Waals surface area (Å²) in [6.07, 6.45) is 0. The molecule has 0 amide bonds. The molecule has 9 aromatic rings. The van der Waals surface area contributed by atoms with Crippen molar-refractivity contribution in [1.29, 1.82) is 0 Å². The monoisotopic (exact) mass is 658 g/mol. The third-order valence-corrected chi connectivity index (χ3v) is 10.1. The Balaban J connectivity index is 1.21. The number of fused-ring (bicyclic) bond motifs is 3. The third kappa shape index (κ3) is 5.60. The van der Waals surface area contributed by atoms with Gasteiger partial charge in [0.15, 0.2) is 17.5 Å². The molecule has 0 aliphatic carbocycles. The van der Waals surface area contributed by atoms with E-state index in [0.717, 1.165) is 33.8 Å². The van der Waals surface area contributed by atoms with E-state index < -0.39 is 0 Å². The maximum absolute atomic E-state index is 5.20. The maximum atomic E-state index is 5.20. The van der Waals surface area contributed by atoms with E-state index in [9.17, 15) is 0 Å². The van der Waals surface area contributed by atoms with Crippen LogP contribution in [0.2, 0.25) is 0 Å². The van der Waals surface area contributed by atoms with Crippen LogP contribution in [0.4, 0.5) is 17.1 Å². The lowest BCUT2D eigenvalue weighted by atomic mass is 10.0. The van der Waals surface area contributed by atoms with E-state index in [1.54, 1.807) is 11.3 Å². The van der Waals surface area contributed by atoms with Crippen molar-refractivity contribution in [3.63, 3.8) is 0 Å². The van der Waals surface area contributed by atoms with Crippen molar-refractivity contribution in [2.45, 2.75) is 0 Å². The molecule has 2 aromatic heterocycles. The van der Waals surface area contributed by atoms with Crippen LogP contribution in [0.5, 0.6) is 0 Å². The molecule has 0 saturated carbocycles. The minimum absolute atomic E-state index is 0.614. The van der Waals surface area contributed by atoms with Gasteiger partial charge in [0.05, 0.1) is 5.69 Å². The summed E-state index contributed by atoms with van der Waals surface area (Å²) >= 11 is 1.79. The van der Waals surface area contributed by atoms with Crippen LogP contribution in [-0.2, 0) is 0 Å². The summed E-state index contributed by atoms with van der Waals surface area (Å²) in [6.45, 7) is 0. The minimum atomic E-state index is 0.614. The highest BCUT2D eigenvalue weighted by atomic mass is 32.1. The van der Waals surface area contributed by atoms with Crippen molar-refractivity contribution in [3.05, 3.63) is 182 Å². The molecule has 0 spiro atoms. The molecule has 50 heavy (non-hydrogen) atoms. The van der Waals surface area contributed by atoms with Gasteiger partial charge in [-0.15, -0.1) is 11.3 Å². The predicted octanol–water partition coefficient (Wildman–Crippen LogP) is 12.4. The van der Waals surface area contributed by atoms with Crippen LogP contribution in [0.15, 0.2) is 182 Å². The van der Waals surface area contributed by atoms with Crippen molar-refractivity contribution in [1.82, 2.24) is 15.0 Å². The summed E-state index contributed by atoms with van der Waals surface area (Å²) in [5.74, 6) is 1.89. The van der Waals surface area contributed by atoms with Gasteiger partial charge in [0.1, 0.15) is 0 Å². The quantitative estimate of drug-likeness (QED) is 0.171. The highest BCUT2D eigenvalue weighted by molar-refractivity contribution is 7.25. The van der Waals surface area contributed by atoms with E-state index in [1.807, 2.05) is 30.3 Å². The summed E-state index contributed by atoms with van der Waals surface area (Å²) in [5.41, 5.74) is 8.21. The first-order valence-corrected chi connectivity index (χ1v) is 17.4. The molecular weight excluding hydrogens is 629 g/mol. The number of anilines is 3. The average molecular weight is 659 g/mol. The summed E-state index contributed by atoms with van der Waals surface area (Å²) in [6, 6.07) is 63.3. The van der Waals surface area contributed by atoms with E-state index in [2.05, 4.69) is 157 Å². The first-order chi connectivity index (χ1) is 24.8. The molecule has 0 bridgehead atoms. The number of thiophene rings is 1. The van der Waals surface area contributed by atoms with E-state index in [1.165, 1.54) is 31.3 Å². The molecule has 0 fully saturated rings. The Morgan fingerprint density at radius 2 is 0.880 bits per heavy atom. The Bertz CT molecular complexity index is 2580. The normalized spacial score (nSPS) is 11.2. The summed E-state index contributed by atoms with van der Waals surface area (Å²) in [4.78, 5) is 17.7. The van der Waals surface area contributed by atoms with Crippen molar-refractivity contribution in [3.8, 4) is 45.3 Å². The van der Waals surface area contributed by atoms with Crippen LogP contribution in [0.25, 0.3) is 65.5 Å². The number of rotatable bonds is 7. The first-order valence-electron chi connectivity index (χ1n) is 16.6. The van der Waals surface area contributed by atoms with Gasteiger partial charge in [0.2, 0.25) is 0 Å². The number of nitrogens with zero attached hydrogens (tertiary/aromatic N) is 4. The molecular formula is C45H30N4S. The van der Waals surface area contributed by atoms with Crippen molar-refractivity contribution in [2.24, 2.45) is 0 Å². The molecule has 0 radical (unpaired) electrons. The number of benzene rings is 7. The molecule has 5 heteroatoms. The Morgan fingerprint density at radius 3 is 1.64 bits per heavy atom. The Morgan fingerprint density at radius 1 is 0.360 bits per heavy atom. The van der Waals surface area contributed by atoms with Gasteiger partial charge < -0.3 is 4.90 Å². The van der Waals surface area contributed by atoms with Gasteiger partial charge in [-0.2, -0.15) is 0 Å². The summed E-state index contributed by atoms with van der Waals surface area (Å²) in [5, 5.41) is 2.51. The van der Waals surface area contributed by atoms with Crippen LogP contribution in [0.3, 0.4) is 0 Å². The van der Waals surface area contributed by atoms with E-state index in [0.29, 0.717) is 17.5 Å². The highest BCUT2D eigenvalue weighted by Crippen LogP contribution is 2.41. The zero-order valence-corrected chi connectivity index (χ0v) is 27.8. The maximum Gasteiger partial charge on any atom is 0.166 e. The Kier molecular flexibility index (Phi) is 7.65. The largest absolute Gasteiger partial charge is 0.310 e. The number of hydrogen-bond acceptors (Lipinski definition) is 5. The van der Waals surface area contributed by atoms with Crippen LogP contribution in [-0.4, -0.2) is 15.0 Å². The molecule has 0 aliphatic rings. The number of aromatic nitrogens is 3. The lowest BCUT2D eigenvalue weighted by Crippen LogP contribution is -2.12. The Labute approximate surface area is 294 Å². The lowest BCUT2D eigenvalue weighted by molar-refractivity contribution is 1.07. The van der Waals surface area contributed by atoms with Gasteiger partial charge in [-0.3, -0.25) is 0 Å². The van der Waals surface area contributed by atoms with Crippen LogP contribution < -0.4 is 4.90 Å². The zero-order chi connectivity index (χ0) is 33.3. The minimum Gasteiger partial charge on any atom is -0.310 e. The number of para-hydroxylation sites is 2. The van der Waals surface area contributed by atoms with Gasteiger partial charge >= 0.3 is 0 Å². The molecule has 236 valence electrons. The molecule has 4 nitrogen and oxygen atoms in total. The van der Waals surface area contributed by atoms with Gasteiger partial charge in [-0.25, -0.2) is 15.0 Å². The van der Waals surface area contributed by atoms with Gasteiger partial charge in [0, 0.05) is 48.2 Å². The van der Waals surface area contributed by atoms with Crippen LogP contribution in [0.1, 0.15) is 0 Å². The van der Waals surface area contributed by atoms with Gasteiger partial charge in [-0.1, -0.05) is 133 Å². The van der Waals surface area contributed by atoms with Crippen LogP contribution in [0, 0.1) is 0 Å². The van der Waals surface area contributed by atoms with E-state index in [4.69, 9.17) is 15.0 Å². The van der Waals surface area contributed by atoms with Gasteiger partial charge in [-0.05, 0) is 59.7 Å². The second kappa shape index (κ2) is 12.9. The lowest BCUT2D eigenvalue weighted by Gasteiger charge is -2.27. The molecule has 0 aliphatic heterocycles. The molecule has 0 saturated heterocycles.